The summed E-state index contributed by atoms with van der Waals surface area (Å²) in [5, 5.41) is 9.22. The number of sulfonamides is 1. The molecule has 2 rings (SSSR count). The fourth-order valence-corrected chi connectivity index (χ4v) is 4.16. The van der Waals surface area contributed by atoms with Crippen molar-refractivity contribution in [3.63, 3.8) is 0 Å². The van der Waals surface area contributed by atoms with E-state index in [0.29, 0.717) is 43.7 Å². The SMILES string of the molecule is COCCCS(=O)(=O)N1CCCc2c(C(=O)O)cccc21. The van der Waals surface area contributed by atoms with E-state index in [1.807, 2.05) is 0 Å². The van der Waals surface area contributed by atoms with Gasteiger partial charge in [-0.2, -0.15) is 0 Å². The van der Waals surface area contributed by atoms with Crippen molar-refractivity contribution < 1.29 is 23.1 Å². The average Bonchev–Trinajstić information content (AvgIpc) is 2.46. The Bertz CT molecular complexity index is 626. The van der Waals surface area contributed by atoms with Gasteiger partial charge in [0.25, 0.3) is 0 Å². The molecule has 0 spiro atoms. The molecule has 7 heteroatoms. The Morgan fingerprint density at radius 3 is 2.86 bits per heavy atom. The van der Waals surface area contributed by atoms with Crippen molar-refractivity contribution in [2.75, 3.05) is 30.3 Å². The highest BCUT2D eigenvalue weighted by molar-refractivity contribution is 7.92. The van der Waals surface area contributed by atoms with Gasteiger partial charge in [0.2, 0.25) is 10.0 Å². The molecule has 0 unspecified atom stereocenters. The first-order valence-corrected chi connectivity index (χ1v) is 8.43. The number of rotatable bonds is 6. The second-order valence-corrected chi connectivity index (χ2v) is 6.96. The lowest BCUT2D eigenvalue weighted by molar-refractivity contribution is 0.0695. The Balaban J connectivity index is 2.34. The number of methoxy groups -OCH3 is 1. The number of ether oxygens (including phenoxy) is 1. The Kier molecular flexibility index (Phi) is 4.84. The first-order valence-electron chi connectivity index (χ1n) is 6.82. The van der Waals surface area contributed by atoms with Crippen LogP contribution in [0, 0.1) is 0 Å². The molecular weight excluding hydrogens is 294 g/mol. The Hall–Kier alpha value is -1.60. The van der Waals surface area contributed by atoms with Crippen LogP contribution >= 0.6 is 0 Å². The number of hydrogen-bond acceptors (Lipinski definition) is 4. The highest BCUT2D eigenvalue weighted by Gasteiger charge is 2.29. The maximum atomic E-state index is 12.4. The van der Waals surface area contributed by atoms with Crippen LogP contribution in [0.2, 0.25) is 0 Å². The van der Waals surface area contributed by atoms with Gasteiger partial charge < -0.3 is 9.84 Å². The predicted octanol–water partition coefficient (Wildman–Crippen LogP) is 1.50. The molecule has 0 radical (unpaired) electrons. The van der Waals surface area contributed by atoms with E-state index >= 15 is 0 Å². The summed E-state index contributed by atoms with van der Waals surface area (Å²) in [4.78, 5) is 11.3. The lowest BCUT2D eigenvalue weighted by atomic mass is 9.98. The minimum Gasteiger partial charge on any atom is -0.478 e. The number of hydrogen-bond donors (Lipinski definition) is 1. The summed E-state index contributed by atoms with van der Waals surface area (Å²) in [6.45, 7) is 0.778. The van der Waals surface area contributed by atoms with E-state index < -0.39 is 16.0 Å². The summed E-state index contributed by atoms with van der Waals surface area (Å²) in [6.07, 6.45) is 1.63. The number of carbonyl (C=O) groups is 1. The number of benzene rings is 1. The van der Waals surface area contributed by atoms with Crippen molar-refractivity contribution in [2.24, 2.45) is 0 Å². The molecule has 0 saturated carbocycles. The number of anilines is 1. The largest absolute Gasteiger partial charge is 0.478 e. The molecule has 0 atom stereocenters. The molecule has 0 fully saturated rings. The molecule has 0 bridgehead atoms. The third-order valence-electron chi connectivity index (χ3n) is 3.52. The smallest absolute Gasteiger partial charge is 0.336 e. The minimum atomic E-state index is -3.45. The van der Waals surface area contributed by atoms with E-state index in [1.165, 1.54) is 17.5 Å². The van der Waals surface area contributed by atoms with Gasteiger partial charge >= 0.3 is 5.97 Å². The molecule has 0 aliphatic carbocycles. The summed E-state index contributed by atoms with van der Waals surface area (Å²) in [5.74, 6) is -1.03. The zero-order valence-corrected chi connectivity index (χ0v) is 12.7. The number of carboxylic acids is 1. The second kappa shape index (κ2) is 6.44. The summed E-state index contributed by atoms with van der Waals surface area (Å²) < 4.78 is 31.1. The molecule has 1 N–H and O–H groups in total. The second-order valence-electron chi connectivity index (χ2n) is 4.95. The van der Waals surface area contributed by atoms with Gasteiger partial charge in [-0.15, -0.1) is 0 Å². The van der Waals surface area contributed by atoms with Gasteiger partial charge in [-0.25, -0.2) is 13.2 Å². The highest BCUT2D eigenvalue weighted by atomic mass is 32.2. The van der Waals surface area contributed by atoms with Crippen molar-refractivity contribution >= 4 is 21.7 Å². The number of fused-ring (bicyclic) bond motifs is 1. The molecule has 116 valence electrons. The van der Waals surface area contributed by atoms with Gasteiger partial charge in [-0.3, -0.25) is 4.31 Å². The van der Waals surface area contributed by atoms with Crippen molar-refractivity contribution in [1.82, 2.24) is 0 Å². The van der Waals surface area contributed by atoms with E-state index in [-0.39, 0.29) is 11.3 Å². The maximum Gasteiger partial charge on any atom is 0.336 e. The van der Waals surface area contributed by atoms with Crippen molar-refractivity contribution in [1.29, 1.82) is 0 Å². The van der Waals surface area contributed by atoms with Crippen molar-refractivity contribution in [2.45, 2.75) is 19.3 Å². The lowest BCUT2D eigenvalue weighted by Gasteiger charge is -2.31. The monoisotopic (exact) mass is 313 g/mol. The summed E-state index contributed by atoms with van der Waals surface area (Å²) in [5.41, 5.74) is 1.29. The van der Waals surface area contributed by atoms with E-state index in [4.69, 9.17) is 4.74 Å². The van der Waals surface area contributed by atoms with Crippen LogP contribution in [-0.2, 0) is 21.2 Å². The normalized spacial score (nSPS) is 14.8. The Morgan fingerprint density at radius 1 is 1.43 bits per heavy atom. The minimum absolute atomic E-state index is 0.00240. The molecular formula is C14H19NO5S. The molecule has 1 aromatic rings. The van der Waals surface area contributed by atoms with Crippen LogP contribution < -0.4 is 4.31 Å². The van der Waals surface area contributed by atoms with Gasteiger partial charge in [0.15, 0.2) is 0 Å². The number of nitrogens with zero attached hydrogens (tertiary/aromatic N) is 1. The van der Waals surface area contributed by atoms with Crippen LogP contribution in [0.25, 0.3) is 0 Å². The zero-order valence-electron chi connectivity index (χ0n) is 11.9. The fourth-order valence-electron chi connectivity index (χ4n) is 2.58. The van der Waals surface area contributed by atoms with Gasteiger partial charge in [0.05, 0.1) is 17.0 Å². The third kappa shape index (κ3) is 3.36. The van der Waals surface area contributed by atoms with Crippen LogP contribution in [-0.4, -0.2) is 45.5 Å². The van der Waals surface area contributed by atoms with Crippen molar-refractivity contribution in [3.05, 3.63) is 29.3 Å². The average molecular weight is 313 g/mol. The van der Waals surface area contributed by atoms with Gasteiger partial charge in [0.1, 0.15) is 0 Å². The van der Waals surface area contributed by atoms with E-state index in [0.717, 1.165) is 0 Å². The number of aromatic carboxylic acids is 1. The van der Waals surface area contributed by atoms with Crippen LogP contribution in [0.5, 0.6) is 0 Å². The van der Waals surface area contributed by atoms with E-state index in [9.17, 15) is 18.3 Å². The zero-order chi connectivity index (χ0) is 15.5. The molecule has 21 heavy (non-hydrogen) atoms. The quantitative estimate of drug-likeness (QED) is 0.805. The maximum absolute atomic E-state index is 12.4. The van der Waals surface area contributed by atoms with Gasteiger partial charge in [-0.1, -0.05) is 6.07 Å². The third-order valence-corrected chi connectivity index (χ3v) is 5.38. The topological polar surface area (TPSA) is 83.9 Å². The predicted molar refractivity (Wildman–Crippen MR) is 79.3 cm³/mol. The first-order chi connectivity index (χ1) is 9.97. The molecule has 0 saturated heterocycles. The fraction of sp³-hybridized carbons (Fsp3) is 0.500. The number of carboxylic acid groups (broad SMARTS) is 1. The van der Waals surface area contributed by atoms with Crippen LogP contribution in [0.1, 0.15) is 28.8 Å². The van der Waals surface area contributed by atoms with Crippen LogP contribution in [0.4, 0.5) is 5.69 Å². The molecule has 6 nitrogen and oxygen atoms in total. The summed E-state index contributed by atoms with van der Waals surface area (Å²) >= 11 is 0. The molecule has 1 heterocycles. The van der Waals surface area contributed by atoms with Gasteiger partial charge in [-0.05, 0) is 37.0 Å². The summed E-state index contributed by atoms with van der Waals surface area (Å²) in [7, 11) is -1.92. The Labute approximate surface area is 124 Å². The first kappa shape index (κ1) is 15.8. The van der Waals surface area contributed by atoms with Crippen LogP contribution in [0.3, 0.4) is 0 Å². The molecule has 1 aliphatic heterocycles. The van der Waals surface area contributed by atoms with Crippen LogP contribution in [0.15, 0.2) is 18.2 Å². The van der Waals surface area contributed by atoms with E-state index in [2.05, 4.69) is 0 Å². The summed E-state index contributed by atoms with van der Waals surface area (Å²) in [6, 6.07) is 4.78. The lowest BCUT2D eigenvalue weighted by Crippen LogP contribution is -2.37. The van der Waals surface area contributed by atoms with Crippen molar-refractivity contribution in [3.8, 4) is 0 Å². The van der Waals surface area contributed by atoms with Gasteiger partial charge in [0, 0.05) is 20.3 Å². The molecule has 0 aromatic heterocycles. The molecule has 0 amide bonds. The van der Waals surface area contributed by atoms with E-state index in [1.54, 1.807) is 12.1 Å². The molecule has 1 aliphatic rings. The molecule has 1 aromatic carbocycles. The Morgan fingerprint density at radius 2 is 2.19 bits per heavy atom. The highest BCUT2D eigenvalue weighted by Crippen LogP contribution is 2.32. The standard InChI is InChI=1S/C14H19NO5S/c1-20-9-4-10-21(18,19)15-8-3-6-11-12(14(16)17)5-2-7-13(11)15/h2,5,7H,3-4,6,8-10H2,1H3,(H,16,17).